The van der Waals surface area contributed by atoms with Crippen molar-refractivity contribution in [3.63, 3.8) is 0 Å². The minimum atomic E-state index is 0. The number of benzene rings is 8. The maximum absolute atomic E-state index is 4.22. The molecule has 0 unspecified atom stereocenters. The maximum Gasteiger partial charge on any atom is 3.00 e. The third-order valence-electron chi connectivity index (χ3n) is 13.7. The van der Waals surface area contributed by atoms with Crippen LogP contribution in [0.3, 0.4) is 0 Å². The summed E-state index contributed by atoms with van der Waals surface area (Å²) in [5.41, 5.74) is 15.8. The average molecular weight is 1300 g/mol. The van der Waals surface area contributed by atoms with Gasteiger partial charge in [0.1, 0.15) is 5.00 Å². The summed E-state index contributed by atoms with van der Waals surface area (Å²) in [6.07, 6.45) is 5.36. The van der Waals surface area contributed by atoms with Crippen LogP contribution in [0.4, 0.5) is 16.4 Å². The molecule has 83 heavy (non-hydrogen) atoms. The fourth-order valence-corrected chi connectivity index (χ4v) is 13.7. The minimum Gasteiger partial charge on any atom is -0.306 e. The van der Waals surface area contributed by atoms with E-state index in [2.05, 4.69) is 198 Å². The first-order valence-electron chi connectivity index (χ1n) is 26.8. The van der Waals surface area contributed by atoms with Crippen molar-refractivity contribution in [2.24, 2.45) is 0 Å². The molecule has 16 rings (SSSR count). The summed E-state index contributed by atoms with van der Waals surface area (Å²) in [7, 11) is 0. The number of rotatable bonds is 8. The quantitative estimate of drug-likeness (QED) is 0.142. The van der Waals surface area contributed by atoms with Gasteiger partial charge in [-0.25, -0.2) is 0 Å². The largest absolute Gasteiger partial charge is 3.00 e. The van der Waals surface area contributed by atoms with Gasteiger partial charge in [0.2, 0.25) is 0 Å². The van der Waals surface area contributed by atoms with E-state index in [0.29, 0.717) is 0 Å². The Bertz CT molecular complexity index is 4320. The molecule has 0 fully saturated rings. The van der Waals surface area contributed by atoms with Crippen molar-refractivity contribution in [2.75, 3.05) is 4.90 Å². The smallest absolute Gasteiger partial charge is 0.306 e. The summed E-state index contributed by atoms with van der Waals surface area (Å²) < 4.78 is 10.4. The molecule has 16 aromatic rings. The fraction of sp³-hybridized carbons (Fsp3) is 0. The first kappa shape index (κ1) is 54.2. The first-order chi connectivity index (χ1) is 40.7. The van der Waals surface area contributed by atoms with Crippen molar-refractivity contribution in [1.82, 2.24) is 24.1 Å². The molecule has 0 N–H and O–H groups in total. The van der Waals surface area contributed by atoms with E-state index in [1.807, 2.05) is 161 Å². The molecule has 0 aliphatic carbocycles. The average Bonchev–Trinajstić information content (AvgIpc) is 4.32. The third kappa shape index (κ3) is 11.6. The van der Waals surface area contributed by atoms with Crippen molar-refractivity contribution in [2.45, 2.75) is 0 Å². The van der Waals surface area contributed by atoms with Gasteiger partial charge >= 0.3 is 20.1 Å². The molecule has 0 aliphatic heterocycles. The topological polar surface area (TPSA) is 51.8 Å². The molecule has 8 aromatic heterocycles. The van der Waals surface area contributed by atoms with Crippen LogP contribution in [0.2, 0.25) is 0 Å². The molecule has 0 atom stereocenters. The molecule has 0 radical (unpaired) electrons. The Morgan fingerprint density at radius 1 is 0.349 bits per heavy atom. The zero-order chi connectivity index (χ0) is 54.9. The summed E-state index contributed by atoms with van der Waals surface area (Å²) in [5.74, 6) is 0. The molecular formula is C73H49IrN6S3. The van der Waals surface area contributed by atoms with E-state index in [0.717, 1.165) is 45.1 Å². The second-order valence-electron chi connectivity index (χ2n) is 18.9. The number of hydrogen-bond donors (Lipinski definition) is 0. The van der Waals surface area contributed by atoms with Crippen molar-refractivity contribution in [3.8, 4) is 45.1 Å². The Morgan fingerprint density at radius 3 is 1.30 bits per heavy atom. The van der Waals surface area contributed by atoms with Gasteiger partial charge in [-0.3, -0.25) is 0 Å². The second kappa shape index (κ2) is 25.6. The molecule has 0 bridgehead atoms. The molecule has 0 aliphatic rings. The van der Waals surface area contributed by atoms with Crippen LogP contribution < -0.4 is 4.90 Å². The Labute approximate surface area is 507 Å². The van der Waals surface area contributed by atoms with Crippen LogP contribution in [0, 0.1) is 18.2 Å². The van der Waals surface area contributed by atoms with Crippen LogP contribution in [0.1, 0.15) is 0 Å². The van der Waals surface area contributed by atoms with Crippen molar-refractivity contribution >= 4 is 102 Å². The number of para-hydroxylation sites is 3. The van der Waals surface area contributed by atoms with Crippen LogP contribution in [-0.4, -0.2) is 24.1 Å². The van der Waals surface area contributed by atoms with Gasteiger partial charge in [-0.05, 0) is 112 Å². The van der Waals surface area contributed by atoms with Gasteiger partial charge in [0.25, 0.3) is 0 Å². The van der Waals surface area contributed by atoms with Crippen molar-refractivity contribution < 1.29 is 20.1 Å². The Balaban J connectivity index is 0.000000147. The summed E-state index contributed by atoms with van der Waals surface area (Å²) in [6.45, 7) is 0. The molecule has 10 heteroatoms. The van der Waals surface area contributed by atoms with Gasteiger partial charge in [-0.15, -0.1) is 142 Å². The molecule has 0 saturated carbocycles. The van der Waals surface area contributed by atoms with E-state index in [1.165, 1.54) is 68.0 Å². The summed E-state index contributed by atoms with van der Waals surface area (Å²) in [5, 5.41) is 5.94. The number of hydrogen-bond acceptors (Lipinski definition) is 7. The number of pyridine rings is 3. The van der Waals surface area contributed by atoms with E-state index >= 15 is 0 Å². The van der Waals surface area contributed by atoms with E-state index in [1.54, 1.807) is 18.6 Å². The molecule has 0 spiro atoms. The summed E-state index contributed by atoms with van der Waals surface area (Å²) in [6, 6.07) is 103. The zero-order valence-electron chi connectivity index (χ0n) is 44.5. The fourth-order valence-electron chi connectivity index (χ4n) is 10.0. The van der Waals surface area contributed by atoms with E-state index in [4.69, 9.17) is 0 Å². The van der Waals surface area contributed by atoms with Gasteiger partial charge in [-0.2, -0.15) is 0 Å². The van der Waals surface area contributed by atoms with Crippen LogP contribution in [0.15, 0.2) is 297 Å². The monoisotopic (exact) mass is 1300 g/mol. The second-order valence-corrected chi connectivity index (χ2v) is 21.9. The predicted molar refractivity (Wildman–Crippen MR) is 346 cm³/mol. The summed E-state index contributed by atoms with van der Waals surface area (Å²) in [4.78, 5) is 15.0. The van der Waals surface area contributed by atoms with E-state index < -0.39 is 0 Å². The Kier molecular flexibility index (Phi) is 16.7. The van der Waals surface area contributed by atoms with Crippen LogP contribution in [0.25, 0.3) is 96.8 Å². The van der Waals surface area contributed by atoms with E-state index in [-0.39, 0.29) is 20.1 Å². The number of anilines is 3. The van der Waals surface area contributed by atoms with Crippen molar-refractivity contribution in [3.05, 3.63) is 315 Å². The van der Waals surface area contributed by atoms with Crippen LogP contribution >= 0.6 is 34.0 Å². The molecule has 0 amide bonds. The van der Waals surface area contributed by atoms with Crippen LogP contribution in [-0.2, 0) is 20.1 Å². The van der Waals surface area contributed by atoms with Gasteiger partial charge < -0.3 is 29.0 Å². The minimum absolute atomic E-state index is 0. The first-order valence-corrected chi connectivity index (χ1v) is 29.3. The molecule has 8 heterocycles. The van der Waals surface area contributed by atoms with Crippen molar-refractivity contribution in [1.29, 1.82) is 0 Å². The van der Waals surface area contributed by atoms with Crippen LogP contribution in [0.5, 0.6) is 0 Å². The number of nitrogens with zero attached hydrogens (tertiary/aromatic N) is 6. The molecule has 6 nitrogen and oxygen atoms in total. The van der Waals surface area contributed by atoms with Gasteiger partial charge in [0, 0.05) is 41.3 Å². The number of thiophene rings is 3. The maximum atomic E-state index is 4.22. The normalized spacial score (nSPS) is 10.8. The van der Waals surface area contributed by atoms with Gasteiger partial charge in [0.15, 0.2) is 0 Å². The zero-order valence-corrected chi connectivity index (χ0v) is 49.4. The third-order valence-corrected chi connectivity index (χ3v) is 17.3. The molecular weight excluding hydrogens is 1250 g/mol. The number of aromatic nitrogens is 5. The molecule has 398 valence electrons. The van der Waals surface area contributed by atoms with Gasteiger partial charge in [-0.1, -0.05) is 121 Å². The molecule has 8 aromatic carbocycles. The Morgan fingerprint density at radius 2 is 0.807 bits per heavy atom. The van der Waals surface area contributed by atoms with Gasteiger partial charge in [0.05, 0.1) is 40.9 Å². The predicted octanol–water partition coefficient (Wildman–Crippen LogP) is 20.3. The standard InChI is InChI=1S/C40H25N3S3.3C11H8N.Ir/c1-4-14-28(15-5-1)41(29-16-6-2-7-17-29)34-25-33-38(45-34)40-36(42(33)30-18-8-3-9-19-30)35-39(46-40)37-32(22-23-44-37)43(35)31-21-20-26-12-10-11-13-27(26)24-31;3*1-2-6-10(7-3-1)11-8-4-5-9-12-11;/h1-25H;3*1-6,8-9H;/q;3*-1;+3. The molecule has 0 saturated heterocycles. The number of fused-ring (bicyclic) bond motifs is 8. The van der Waals surface area contributed by atoms with E-state index in [9.17, 15) is 0 Å². The summed E-state index contributed by atoms with van der Waals surface area (Å²) >= 11 is 5.66. The SMILES string of the molecule is [Ir+3].[c-]1ccccc1-c1ccccn1.[c-]1ccccc1-c1ccccn1.[c-]1ccccc1-c1ccccn1.c1ccc(N(c2ccccc2)c2cc3c(s2)c2sc4c5sccc5n(-c5ccc6ccccc6c5)c4c2n3-c2ccccc2)cc1. The Hall–Kier alpha value is -9.38.